The number of hydrogen-bond acceptors (Lipinski definition) is 5. The molecule has 8 heteroatoms. The second kappa shape index (κ2) is 9.50. The van der Waals surface area contributed by atoms with E-state index in [-0.39, 0.29) is 36.6 Å². The fourth-order valence-corrected chi connectivity index (χ4v) is 2.78. The smallest absolute Gasteiger partial charge is 0.254 e. The predicted octanol–water partition coefficient (Wildman–Crippen LogP) is 2.28. The number of carbonyl (C=O) groups excluding carboxylic acids is 3. The van der Waals surface area contributed by atoms with Gasteiger partial charge in [-0.15, -0.1) is 17.8 Å². The first-order chi connectivity index (χ1) is 12.9. The molecule has 0 fully saturated rings. The number of hydrogen-bond donors (Lipinski definition) is 3. The molecule has 0 saturated heterocycles. The average molecular weight is 384 g/mol. The minimum absolute atomic E-state index is 0.0222. The Bertz CT molecular complexity index is 883. The summed E-state index contributed by atoms with van der Waals surface area (Å²) in [6, 6.07) is 6.66. The molecule has 7 nitrogen and oxygen atoms in total. The summed E-state index contributed by atoms with van der Waals surface area (Å²) in [6.07, 6.45) is 5.16. The maximum Gasteiger partial charge on any atom is 0.254 e. The number of thiazole rings is 1. The van der Waals surface area contributed by atoms with Gasteiger partial charge >= 0.3 is 0 Å². The van der Waals surface area contributed by atoms with Crippen LogP contribution in [0.4, 0.5) is 10.8 Å². The quantitative estimate of drug-likeness (QED) is 0.638. The number of carbonyl (C=O) groups is 3. The van der Waals surface area contributed by atoms with Crippen LogP contribution in [0, 0.1) is 18.3 Å². The highest BCUT2D eigenvalue weighted by Crippen LogP contribution is 2.18. The molecule has 140 valence electrons. The lowest BCUT2D eigenvalue weighted by Crippen LogP contribution is -2.25. The molecule has 2 aromatic rings. The number of nitrogens with zero attached hydrogens (tertiary/aromatic N) is 1. The third-order valence-electron chi connectivity index (χ3n) is 3.44. The molecule has 3 N–H and O–H groups in total. The van der Waals surface area contributed by atoms with Gasteiger partial charge in [0.15, 0.2) is 5.13 Å². The molecular formula is C19H20N4O3S. The molecule has 0 bridgehead atoms. The second-order valence-electron chi connectivity index (χ2n) is 5.95. The molecule has 0 aliphatic heterocycles. The Kier molecular flexibility index (Phi) is 7.08. The molecule has 3 amide bonds. The first-order valence-electron chi connectivity index (χ1n) is 8.26. The van der Waals surface area contributed by atoms with Gasteiger partial charge in [0, 0.05) is 11.3 Å². The molecule has 0 saturated carbocycles. The van der Waals surface area contributed by atoms with Crippen molar-refractivity contribution in [3.05, 3.63) is 40.9 Å². The Morgan fingerprint density at radius 2 is 1.96 bits per heavy atom. The van der Waals surface area contributed by atoms with Crippen molar-refractivity contribution >= 4 is 39.9 Å². The molecule has 1 aromatic carbocycles. The van der Waals surface area contributed by atoms with E-state index in [0.29, 0.717) is 22.1 Å². The number of amides is 3. The Hall–Kier alpha value is -3.18. The van der Waals surface area contributed by atoms with E-state index in [2.05, 4.69) is 26.9 Å². The van der Waals surface area contributed by atoms with Gasteiger partial charge in [-0.25, -0.2) is 4.98 Å². The Morgan fingerprint density at radius 3 is 2.67 bits per heavy atom. The average Bonchev–Trinajstić information content (AvgIpc) is 3.06. The van der Waals surface area contributed by atoms with Crippen LogP contribution in [0.1, 0.15) is 29.9 Å². The zero-order valence-corrected chi connectivity index (χ0v) is 15.9. The zero-order chi connectivity index (χ0) is 19.8. The van der Waals surface area contributed by atoms with Gasteiger partial charge in [-0.2, -0.15) is 0 Å². The molecule has 0 spiro atoms. The summed E-state index contributed by atoms with van der Waals surface area (Å²) in [7, 11) is 0. The van der Waals surface area contributed by atoms with Crippen LogP contribution < -0.4 is 16.0 Å². The fraction of sp³-hybridized carbons (Fsp3) is 0.263. The van der Waals surface area contributed by atoms with Crippen molar-refractivity contribution < 1.29 is 14.4 Å². The van der Waals surface area contributed by atoms with E-state index in [1.807, 2.05) is 0 Å². The van der Waals surface area contributed by atoms with Crippen molar-refractivity contribution in [2.45, 2.75) is 20.3 Å². The molecule has 0 aliphatic rings. The van der Waals surface area contributed by atoms with Crippen LogP contribution in [0.25, 0.3) is 0 Å². The Morgan fingerprint density at radius 1 is 1.22 bits per heavy atom. The summed E-state index contributed by atoms with van der Waals surface area (Å²) < 4.78 is 0. The third-order valence-corrected chi connectivity index (χ3v) is 4.25. The molecule has 0 radical (unpaired) electrons. The molecule has 2 rings (SSSR count). The van der Waals surface area contributed by atoms with Crippen LogP contribution in [-0.2, 0) is 16.0 Å². The molecule has 1 heterocycles. The van der Waals surface area contributed by atoms with Gasteiger partial charge in [-0.05, 0) is 12.1 Å². The lowest BCUT2D eigenvalue weighted by Gasteiger charge is -2.10. The van der Waals surface area contributed by atoms with E-state index in [0.717, 1.165) is 0 Å². The van der Waals surface area contributed by atoms with E-state index in [4.69, 9.17) is 6.42 Å². The van der Waals surface area contributed by atoms with Crippen molar-refractivity contribution in [3.63, 3.8) is 0 Å². The zero-order valence-electron chi connectivity index (χ0n) is 15.0. The van der Waals surface area contributed by atoms with Gasteiger partial charge in [0.2, 0.25) is 11.8 Å². The van der Waals surface area contributed by atoms with Gasteiger partial charge in [0.05, 0.1) is 29.9 Å². The van der Waals surface area contributed by atoms with Crippen LogP contribution in [0.2, 0.25) is 0 Å². The first kappa shape index (κ1) is 20.1. The topological polar surface area (TPSA) is 100 Å². The van der Waals surface area contributed by atoms with E-state index in [1.165, 1.54) is 11.3 Å². The lowest BCUT2D eigenvalue weighted by atomic mass is 10.1. The maximum atomic E-state index is 12.3. The Balaban J connectivity index is 2.01. The van der Waals surface area contributed by atoms with E-state index >= 15 is 0 Å². The number of aromatic nitrogens is 1. The molecular weight excluding hydrogens is 364 g/mol. The summed E-state index contributed by atoms with van der Waals surface area (Å²) in [6.45, 7) is 3.67. The predicted molar refractivity (Wildman–Crippen MR) is 106 cm³/mol. The van der Waals surface area contributed by atoms with E-state index in [1.54, 1.807) is 43.5 Å². The first-order valence-corrected chi connectivity index (χ1v) is 9.14. The number of nitrogens with one attached hydrogen (secondary N) is 3. The highest BCUT2D eigenvalue weighted by molar-refractivity contribution is 7.13. The van der Waals surface area contributed by atoms with Crippen LogP contribution in [0.15, 0.2) is 29.6 Å². The van der Waals surface area contributed by atoms with Crippen molar-refractivity contribution in [1.82, 2.24) is 10.3 Å². The molecule has 27 heavy (non-hydrogen) atoms. The summed E-state index contributed by atoms with van der Waals surface area (Å²) in [5, 5.41) is 10.1. The lowest BCUT2D eigenvalue weighted by molar-refractivity contribution is -0.119. The van der Waals surface area contributed by atoms with Gasteiger partial charge in [-0.1, -0.05) is 31.9 Å². The molecule has 1 aromatic heterocycles. The van der Waals surface area contributed by atoms with Crippen LogP contribution in [0.5, 0.6) is 0 Å². The van der Waals surface area contributed by atoms with E-state index < -0.39 is 0 Å². The highest BCUT2D eigenvalue weighted by Gasteiger charge is 2.15. The number of terminal acetylenes is 1. The van der Waals surface area contributed by atoms with Crippen molar-refractivity contribution in [2.24, 2.45) is 5.92 Å². The summed E-state index contributed by atoms with van der Waals surface area (Å²) in [5.41, 5.74) is 1.25. The van der Waals surface area contributed by atoms with Gasteiger partial charge < -0.3 is 16.0 Å². The maximum absolute atomic E-state index is 12.3. The largest absolute Gasteiger partial charge is 0.341 e. The van der Waals surface area contributed by atoms with Gasteiger partial charge in [0.25, 0.3) is 5.91 Å². The molecule has 0 aliphatic carbocycles. The number of anilines is 2. The van der Waals surface area contributed by atoms with Crippen LogP contribution >= 0.6 is 11.3 Å². The SMILES string of the molecule is C#CCNC(=O)c1ccccc1NC(=O)Cc1csc(NC(=O)C(C)C)n1. The van der Waals surface area contributed by atoms with Crippen molar-refractivity contribution in [3.8, 4) is 12.3 Å². The molecule has 0 unspecified atom stereocenters. The van der Waals surface area contributed by atoms with Crippen molar-refractivity contribution in [1.29, 1.82) is 0 Å². The summed E-state index contributed by atoms with van der Waals surface area (Å²) in [4.78, 5) is 40.4. The van der Waals surface area contributed by atoms with Gasteiger partial charge in [-0.3, -0.25) is 14.4 Å². The number of para-hydroxylation sites is 1. The number of rotatable bonds is 7. The highest BCUT2D eigenvalue weighted by atomic mass is 32.1. The summed E-state index contributed by atoms with van der Waals surface area (Å²) in [5.74, 6) is 1.36. The van der Waals surface area contributed by atoms with Crippen LogP contribution in [0.3, 0.4) is 0 Å². The normalized spacial score (nSPS) is 10.1. The van der Waals surface area contributed by atoms with E-state index in [9.17, 15) is 14.4 Å². The van der Waals surface area contributed by atoms with Gasteiger partial charge in [0.1, 0.15) is 0 Å². The summed E-state index contributed by atoms with van der Waals surface area (Å²) >= 11 is 1.25. The standard InChI is InChI=1S/C19H20N4O3S/c1-4-9-20-18(26)14-7-5-6-8-15(14)22-16(24)10-13-11-27-19(21-13)23-17(25)12(2)3/h1,5-8,11-12H,9-10H2,2-3H3,(H,20,26)(H,22,24)(H,21,23,25). The second-order valence-corrected chi connectivity index (χ2v) is 6.80. The minimum atomic E-state index is -0.365. The monoisotopic (exact) mass is 384 g/mol. The number of benzene rings is 1. The van der Waals surface area contributed by atoms with Crippen molar-refractivity contribution in [2.75, 3.05) is 17.2 Å². The molecule has 0 atom stereocenters. The fourth-order valence-electron chi connectivity index (χ4n) is 2.07. The third kappa shape index (κ3) is 5.94. The Labute approximate surface area is 161 Å². The van der Waals surface area contributed by atoms with Crippen LogP contribution in [-0.4, -0.2) is 29.3 Å². The minimum Gasteiger partial charge on any atom is -0.341 e.